The average molecular weight is 343 g/mol. The van der Waals surface area contributed by atoms with Crippen molar-refractivity contribution in [2.75, 3.05) is 14.1 Å². The van der Waals surface area contributed by atoms with Crippen LogP contribution in [0.1, 0.15) is 15.9 Å². The van der Waals surface area contributed by atoms with E-state index in [0.717, 1.165) is 17.3 Å². The maximum atomic E-state index is 12.2. The maximum absolute atomic E-state index is 12.2. The molecule has 0 saturated carbocycles. The monoisotopic (exact) mass is 343 g/mol. The van der Waals surface area contributed by atoms with E-state index in [1.807, 2.05) is 62.6 Å². The topological polar surface area (TPSA) is 29.5 Å². The highest BCUT2D eigenvalue weighted by Crippen LogP contribution is 2.23. The fourth-order valence-electron chi connectivity index (χ4n) is 1.69. The molecule has 0 atom stereocenters. The summed E-state index contributed by atoms with van der Waals surface area (Å²) in [5.41, 5.74) is 1.52. The molecule has 0 radical (unpaired) electrons. The van der Waals surface area contributed by atoms with Gasteiger partial charge in [0.1, 0.15) is 5.76 Å². The molecule has 0 saturated heterocycles. The molecule has 2 rings (SSSR count). The quantitative estimate of drug-likeness (QED) is 0.605. The summed E-state index contributed by atoms with van der Waals surface area (Å²) in [6.07, 6.45) is 0. The molecule has 0 amide bonds. The second kappa shape index (κ2) is 8.50. The lowest BCUT2D eigenvalue weighted by Crippen LogP contribution is -2.21. The number of thioether (sulfide) groups is 1. The summed E-state index contributed by atoms with van der Waals surface area (Å²) in [5.74, 6) is 0.554. The van der Waals surface area contributed by atoms with Crippen LogP contribution in [0.3, 0.4) is 0 Å². The average Bonchev–Trinajstić information content (AvgIpc) is 2.59. The highest BCUT2D eigenvalue weighted by Gasteiger charge is 2.10. The SMILES string of the molecule is CN(C)C(=S)OC(=CSC(=O)c1ccccc1)c1ccccc1. The zero-order valence-corrected chi connectivity index (χ0v) is 14.6. The van der Waals surface area contributed by atoms with Crippen molar-refractivity contribution in [3.8, 4) is 0 Å². The number of ether oxygens (including phenoxy) is 1. The molecule has 2 aromatic rings. The predicted octanol–water partition coefficient (Wildman–Crippen LogP) is 4.42. The van der Waals surface area contributed by atoms with Crippen molar-refractivity contribution in [3.05, 3.63) is 77.2 Å². The number of carbonyl (C=O) groups is 1. The van der Waals surface area contributed by atoms with E-state index in [0.29, 0.717) is 16.5 Å². The molecule has 5 heteroatoms. The van der Waals surface area contributed by atoms with Crippen LogP contribution in [0.2, 0.25) is 0 Å². The summed E-state index contributed by atoms with van der Waals surface area (Å²) < 4.78 is 5.73. The molecule has 2 aromatic carbocycles. The Morgan fingerprint density at radius 2 is 1.52 bits per heavy atom. The first-order chi connectivity index (χ1) is 11.1. The van der Waals surface area contributed by atoms with E-state index in [1.165, 1.54) is 0 Å². The Balaban J connectivity index is 2.19. The number of thiocarbonyl (C=S) groups is 1. The Morgan fingerprint density at radius 1 is 1.00 bits per heavy atom. The van der Waals surface area contributed by atoms with Gasteiger partial charge in [-0.3, -0.25) is 4.79 Å². The van der Waals surface area contributed by atoms with E-state index in [9.17, 15) is 4.79 Å². The maximum Gasteiger partial charge on any atom is 0.264 e. The number of carbonyl (C=O) groups excluding carboxylic acids is 1. The van der Waals surface area contributed by atoms with Crippen molar-refractivity contribution in [1.29, 1.82) is 0 Å². The van der Waals surface area contributed by atoms with Crippen LogP contribution in [0.5, 0.6) is 0 Å². The summed E-state index contributed by atoms with van der Waals surface area (Å²) in [5, 5.41) is 1.99. The smallest absolute Gasteiger partial charge is 0.264 e. The normalized spacial score (nSPS) is 11.0. The zero-order chi connectivity index (χ0) is 16.7. The van der Waals surface area contributed by atoms with Crippen LogP contribution in [0.15, 0.2) is 66.1 Å². The molecular weight excluding hydrogens is 326 g/mol. The van der Waals surface area contributed by atoms with Gasteiger partial charge in [0.05, 0.1) is 0 Å². The second-order valence-corrected chi connectivity index (χ2v) is 6.07. The third kappa shape index (κ3) is 5.23. The molecule has 3 nitrogen and oxygen atoms in total. The van der Waals surface area contributed by atoms with Gasteiger partial charge >= 0.3 is 0 Å². The third-order valence-electron chi connectivity index (χ3n) is 2.90. The Bertz CT molecular complexity index is 697. The summed E-state index contributed by atoms with van der Waals surface area (Å²) in [6.45, 7) is 0. The van der Waals surface area contributed by atoms with E-state index in [2.05, 4.69) is 0 Å². The zero-order valence-electron chi connectivity index (χ0n) is 12.9. The first-order valence-electron chi connectivity index (χ1n) is 6.98. The summed E-state index contributed by atoms with van der Waals surface area (Å²) in [4.78, 5) is 13.9. The van der Waals surface area contributed by atoms with E-state index >= 15 is 0 Å². The van der Waals surface area contributed by atoms with Crippen molar-refractivity contribution in [3.63, 3.8) is 0 Å². The molecule has 0 fully saturated rings. The molecule has 0 unspecified atom stereocenters. The van der Waals surface area contributed by atoms with Gasteiger partial charge in [0.25, 0.3) is 5.17 Å². The van der Waals surface area contributed by atoms with Gasteiger partial charge in [0.15, 0.2) is 0 Å². The first-order valence-corrected chi connectivity index (χ1v) is 8.27. The van der Waals surface area contributed by atoms with Crippen LogP contribution in [-0.2, 0) is 4.74 Å². The minimum Gasteiger partial charge on any atom is -0.431 e. The van der Waals surface area contributed by atoms with Crippen LogP contribution in [-0.4, -0.2) is 29.3 Å². The van der Waals surface area contributed by atoms with Crippen molar-refractivity contribution < 1.29 is 9.53 Å². The standard InChI is InChI=1S/C18H17NO2S2/c1-19(2)18(22)21-16(14-9-5-3-6-10-14)13-23-17(20)15-11-7-4-8-12-15/h3-13H,1-2H3. The fourth-order valence-corrected chi connectivity index (χ4v) is 2.45. The van der Waals surface area contributed by atoms with Gasteiger partial charge in [0.2, 0.25) is 5.12 Å². The van der Waals surface area contributed by atoms with Gasteiger partial charge in [-0.1, -0.05) is 72.4 Å². The third-order valence-corrected chi connectivity index (χ3v) is 4.13. The Labute approximate surface area is 146 Å². The van der Waals surface area contributed by atoms with E-state index in [-0.39, 0.29) is 5.12 Å². The minimum absolute atomic E-state index is 0.0431. The number of hydrogen-bond acceptors (Lipinski definition) is 4. The van der Waals surface area contributed by atoms with Gasteiger partial charge < -0.3 is 9.64 Å². The van der Waals surface area contributed by atoms with Gasteiger partial charge in [0, 0.05) is 30.6 Å². The lowest BCUT2D eigenvalue weighted by atomic mass is 10.2. The van der Waals surface area contributed by atoms with Crippen molar-refractivity contribution >= 4 is 40.0 Å². The highest BCUT2D eigenvalue weighted by molar-refractivity contribution is 8.16. The predicted molar refractivity (Wildman–Crippen MR) is 100 cm³/mol. The van der Waals surface area contributed by atoms with Crippen molar-refractivity contribution in [1.82, 2.24) is 4.90 Å². The number of rotatable bonds is 4. The Morgan fingerprint density at radius 3 is 2.04 bits per heavy atom. The van der Waals surface area contributed by atoms with Gasteiger partial charge in [-0.15, -0.1) is 0 Å². The lowest BCUT2D eigenvalue weighted by Gasteiger charge is -2.16. The summed E-state index contributed by atoms with van der Waals surface area (Å²) in [7, 11) is 3.63. The van der Waals surface area contributed by atoms with Crippen molar-refractivity contribution in [2.24, 2.45) is 0 Å². The molecule has 23 heavy (non-hydrogen) atoms. The first kappa shape index (κ1) is 17.2. The fraction of sp³-hybridized carbons (Fsp3) is 0.111. The van der Waals surface area contributed by atoms with Crippen LogP contribution in [0.25, 0.3) is 5.76 Å². The molecule has 118 valence electrons. The molecule has 0 aromatic heterocycles. The molecule has 0 N–H and O–H groups in total. The summed E-state index contributed by atoms with van der Waals surface area (Å²) >= 11 is 6.28. The Kier molecular flexibility index (Phi) is 6.38. The molecular formula is C18H17NO2S2. The van der Waals surface area contributed by atoms with Gasteiger partial charge in [-0.05, 0) is 12.2 Å². The molecule has 0 spiro atoms. The molecule has 0 aliphatic carbocycles. The number of nitrogens with zero attached hydrogens (tertiary/aromatic N) is 1. The van der Waals surface area contributed by atoms with Gasteiger partial charge in [-0.2, -0.15) is 0 Å². The van der Waals surface area contributed by atoms with Crippen LogP contribution < -0.4 is 0 Å². The Hall–Kier alpha value is -2.11. The van der Waals surface area contributed by atoms with Crippen molar-refractivity contribution in [2.45, 2.75) is 0 Å². The minimum atomic E-state index is -0.0431. The molecule has 0 aliphatic rings. The van der Waals surface area contributed by atoms with Gasteiger partial charge in [-0.25, -0.2) is 0 Å². The summed E-state index contributed by atoms with van der Waals surface area (Å²) in [6, 6.07) is 18.7. The van der Waals surface area contributed by atoms with E-state index in [4.69, 9.17) is 17.0 Å². The largest absolute Gasteiger partial charge is 0.431 e. The van der Waals surface area contributed by atoms with Crippen LogP contribution >= 0.6 is 24.0 Å². The molecule has 0 aliphatic heterocycles. The van der Waals surface area contributed by atoms with E-state index in [1.54, 1.807) is 22.4 Å². The molecule has 0 bridgehead atoms. The number of benzene rings is 2. The van der Waals surface area contributed by atoms with Crippen LogP contribution in [0.4, 0.5) is 0 Å². The van der Waals surface area contributed by atoms with E-state index < -0.39 is 0 Å². The lowest BCUT2D eigenvalue weighted by molar-refractivity contribution is 0.108. The molecule has 0 heterocycles. The number of hydrogen-bond donors (Lipinski definition) is 0. The second-order valence-electron chi connectivity index (χ2n) is 4.88. The highest BCUT2D eigenvalue weighted by atomic mass is 32.2. The van der Waals surface area contributed by atoms with Crippen LogP contribution in [0, 0.1) is 0 Å².